The van der Waals surface area contributed by atoms with E-state index in [1.54, 1.807) is 6.07 Å². The van der Waals surface area contributed by atoms with Gasteiger partial charge >= 0.3 is 0 Å². The van der Waals surface area contributed by atoms with E-state index in [0.717, 1.165) is 23.1 Å². The second-order valence-electron chi connectivity index (χ2n) is 3.57. The molecule has 0 fully saturated rings. The highest BCUT2D eigenvalue weighted by Crippen LogP contribution is 2.32. The van der Waals surface area contributed by atoms with Gasteiger partial charge in [-0.1, -0.05) is 22.9 Å². The number of hydrogen-bond acceptors (Lipinski definition) is 9. The molecule has 1 aromatic carbocycles. The number of sulfonamides is 1. The zero-order valence-electron chi connectivity index (χ0n) is 9.44. The molecule has 104 valence electrons. The molecular weight excluding hydrogens is 344 g/mol. The number of halogens is 1. The van der Waals surface area contributed by atoms with Gasteiger partial charge in [0.15, 0.2) is 0 Å². The van der Waals surface area contributed by atoms with Gasteiger partial charge < -0.3 is 5.73 Å². The van der Waals surface area contributed by atoms with Crippen LogP contribution < -0.4 is 10.5 Å². The number of fused-ring (bicyclic) bond motifs is 1. The van der Waals surface area contributed by atoms with Gasteiger partial charge in [-0.3, -0.25) is 4.72 Å². The number of nitrogens with one attached hydrogen (secondary N) is 1. The Morgan fingerprint density at radius 3 is 2.75 bits per heavy atom. The van der Waals surface area contributed by atoms with E-state index in [0.29, 0.717) is 11.0 Å². The summed E-state index contributed by atoms with van der Waals surface area (Å²) in [4.78, 5) is 0. The summed E-state index contributed by atoms with van der Waals surface area (Å²) in [6.07, 6.45) is 0. The minimum atomic E-state index is -3.92. The first-order chi connectivity index (χ1) is 9.47. The number of nitrogens with zero attached hydrogens (tertiary/aromatic N) is 4. The first-order valence-corrected chi connectivity index (χ1v) is 8.41. The summed E-state index contributed by atoms with van der Waals surface area (Å²) in [6, 6.07) is 3.19. The minimum absolute atomic E-state index is 0.0602. The third kappa shape index (κ3) is 2.28. The van der Waals surface area contributed by atoms with Crippen molar-refractivity contribution >= 4 is 66.5 Å². The lowest BCUT2D eigenvalue weighted by Crippen LogP contribution is -2.13. The van der Waals surface area contributed by atoms with Gasteiger partial charge in [0.25, 0.3) is 14.4 Å². The molecule has 0 radical (unpaired) electrons. The lowest BCUT2D eigenvalue weighted by atomic mass is 10.3. The fraction of sp³-hybridized carbons (Fsp3) is 0. The first-order valence-electron chi connectivity index (χ1n) is 5.00. The molecule has 0 aliphatic heterocycles. The van der Waals surface area contributed by atoms with Crippen LogP contribution in [-0.2, 0) is 10.0 Å². The molecule has 8 nitrogen and oxygen atoms in total. The Labute approximate surface area is 126 Å². The Hall–Kier alpha value is -1.56. The normalized spacial score (nSPS) is 11.8. The van der Waals surface area contributed by atoms with Crippen molar-refractivity contribution in [2.24, 2.45) is 0 Å². The van der Waals surface area contributed by atoms with Crippen LogP contribution in [0.2, 0.25) is 5.02 Å². The second-order valence-corrected chi connectivity index (χ2v) is 7.37. The molecule has 0 saturated carbocycles. The summed E-state index contributed by atoms with van der Waals surface area (Å²) in [6.45, 7) is 0. The summed E-state index contributed by atoms with van der Waals surface area (Å²) < 4.78 is 34.5. The molecule has 3 aromatic rings. The molecule has 3 N–H and O–H groups in total. The van der Waals surface area contributed by atoms with Gasteiger partial charge in [-0.25, -0.2) is 0 Å². The maximum atomic E-state index is 12.2. The van der Waals surface area contributed by atoms with E-state index < -0.39 is 10.0 Å². The van der Waals surface area contributed by atoms with Gasteiger partial charge in [0.05, 0.1) is 22.4 Å². The van der Waals surface area contributed by atoms with Gasteiger partial charge in [0.1, 0.15) is 11.0 Å². The van der Waals surface area contributed by atoms with E-state index in [1.165, 1.54) is 6.07 Å². The molecule has 20 heavy (non-hydrogen) atoms. The molecule has 0 aliphatic rings. The van der Waals surface area contributed by atoms with Crippen molar-refractivity contribution in [3.63, 3.8) is 0 Å². The molecule has 0 atom stereocenters. The van der Waals surface area contributed by atoms with Crippen molar-refractivity contribution in [1.29, 1.82) is 0 Å². The van der Waals surface area contributed by atoms with Crippen molar-refractivity contribution in [3.8, 4) is 0 Å². The number of nitrogen functional groups attached to an aromatic ring is 1. The van der Waals surface area contributed by atoms with E-state index >= 15 is 0 Å². The predicted octanol–water partition coefficient (Wildman–Crippen LogP) is 1.58. The first kappa shape index (κ1) is 13.4. The lowest BCUT2D eigenvalue weighted by molar-refractivity contribution is 0.599. The van der Waals surface area contributed by atoms with E-state index in [-0.39, 0.29) is 20.2 Å². The van der Waals surface area contributed by atoms with Crippen LogP contribution in [0.5, 0.6) is 0 Å². The zero-order chi connectivity index (χ0) is 14.3. The summed E-state index contributed by atoms with van der Waals surface area (Å²) in [7, 11) is -3.92. The maximum absolute atomic E-state index is 12.2. The smallest absolute Gasteiger partial charge is 0.291 e. The van der Waals surface area contributed by atoms with Crippen LogP contribution in [0.1, 0.15) is 0 Å². The van der Waals surface area contributed by atoms with Gasteiger partial charge in [-0.2, -0.15) is 17.2 Å². The second kappa shape index (κ2) is 4.77. The third-order valence-corrected chi connectivity index (χ3v) is 5.59. The molecule has 0 aliphatic carbocycles. The highest BCUT2D eigenvalue weighted by atomic mass is 35.5. The number of benzene rings is 1. The standard InChI is InChI=1S/C8H5ClN6O2S3/c9-3-1-2-4-6(14-19-13-4)5(3)15-20(16,17)8-12-11-7(10)18-8/h1-2,15H,(H2,10,11). The van der Waals surface area contributed by atoms with Crippen LogP contribution in [0.25, 0.3) is 11.0 Å². The zero-order valence-corrected chi connectivity index (χ0v) is 12.6. The molecule has 12 heteroatoms. The highest BCUT2D eigenvalue weighted by Gasteiger charge is 2.23. The van der Waals surface area contributed by atoms with Crippen LogP contribution in [0.3, 0.4) is 0 Å². The monoisotopic (exact) mass is 348 g/mol. The van der Waals surface area contributed by atoms with Crippen molar-refractivity contribution in [2.45, 2.75) is 4.34 Å². The van der Waals surface area contributed by atoms with Gasteiger partial charge in [0, 0.05) is 0 Å². The Morgan fingerprint density at radius 2 is 2.05 bits per heavy atom. The average Bonchev–Trinajstić information content (AvgIpc) is 3.01. The van der Waals surface area contributed by atoms with Crippen molar-refractivity contribution < 1.29 is 8.42 Å². The van der Waals surface area contributed by atoms with E-state index in [2.05, 4.69) is 23.7 Å². The summed E-state index contributed by atoms with van der Waals surface area (Å²) in [5, 5.41) is 7.24. The van der Waals surface area contributed by atoms with Gasteiger partial charge in [-0.15, -0.1) is 10.2 Å². The van der Waals surface area contributed by atoms with Gasteiger partial charge in [-0.05, 0) is 12.1 Å². The third-order valence-electron chi connectivity index (χ3n) is 2.27. The summed E-state index contributed by atoms with van der Waals surface area (Å²) >= 11 is 7.73. The van der Waals surface area contributed by atoms with Crippen molar-refractivity contribution in [1.82, 2.24) is 18.9 Å². The minimum Gasteiger partial charge on any atom is -0.374 e. The molecule has 0 unspecified atom stereocenters. The predicted molar refractivity (Wildman–Crippen MR) is 77.6 cm³/mol. The number of anilines is 2. The van der Waals surface area contributed by atoms with Crippen molar-refractivity contribution in [2.75, 3.05) is 10.5 Å². The van der Waals surface area contributed by atoms with Crippen LogP contribution >= 0.6 is 34.7 Å². The molecule has 0 saturated heterocycles. The SMILES string of the molecule is Nc1nnc(S(=O)(=O)Nc2c(Cl)ccc3nsnc23)s1. The molecule has 2 heterocycles. The fourth-order valence-corrected chi connectivity index (χ4v) is 4.10. The molecule has 2 aromatic heterocycles. The van der Waals surface area contributed by atoms with Crippen LogP contribution in [0.4, 0.5) is 10.8 Å². The van der Waals surface area contributed by atoms with E-state index in [1.807, 2.05) is 0 Å². The number of rotatable bonds is 3. The number of nitrogens with two attached hydrogens (primary N) is 1. The topological polar surface area (TPSA) is 124 Å². The van der Waals surface area contributed by atoms with Crippen LogP contribution in [-0.4, -0.2) is 27.4 Å². The van der Waals surface area contributed by atoms with Crippen LogP contribution in [0.15, 0.2) is 16.5 Å². The van der Waals surface area contributed by atoms with Crippen molar-refractivity contribution in [3.05, 3.63) is 17.2 Å². The Bertz CT molecular complexity index is 889. The van der Waals surface area contributed by atoms with Crippen LogP contribution in [0, 0.1) is 0 Å². The molecular formula is C8H5ClN6O2S3. The lowest BCUT2D eigenvalue weighted by Gasteiger charge is -2.07. The number of aromatic nitrogens is 4. The Balaban J connectivity index is 2.09. The fourth-order valence-electron chi connectivity index (χ4n) is 1.43. The molecule has 0 spiro atoms. The quantitative estimate of drug-likeness (QED) is 0.736. The van der Waals surface area contributed by atoms with E-state index in [4.69, 9.17) is 17.3 Å². The summed E-state index contributed by atoms with van der Waals surface area (Å²) in [5.74, 6) is 0. The Morgan fingerprint density at radius 1 is 1.25 bits per heavy atom. The molecule has 0 amide bonds. The van der Waals surface area contributed by atoms with E-state index in [9.17, 15) is 8.42 Å². The largest absolute Gasteiger partial charge is 0.374 e. The molecule has 0 bridgehead atoms. The Kier molecular flexibility index (Phi) is 3.20. The maximum Gasteiger partial charge on any atom is 0.291 e. The van der Waals surface area contributed by atoms with Gasteiger partial charge in [0.2, 0.25) is 5.13 Å². The highest BCUT2D eigenvalue weighted by molar-refractivity contribution is 7.94. The molecule has 3 rings (SSSR count). The summed E-state index contributed by atoms with van der Waals surface area (Å²) in [5.41, 5.74) is 6.47. The number of hydrogen-bond donors (Lipinski definition) is 2. The average molecular weight is 349 g/mol.